The molecule has 0 saturated heterocycles. The number of benzene rings is 2. The number of alkyl halides is 3. The predicted octanol–water partition coefficient (Wildman–Crippen LogP) is 4.69. The lowest BCUT2D eigenvalue weighted by molar-refractivity contribution is -0.137. The highest BCUT2D eigenvalue weighted by molar-refractivity contribution is 6.11. The van der Waals surface area contributed by atoms with Gasteiger partial charge in [-0.2, -0.15) is 13.2 Å². The molecule has 0 aliphatic carbocycles. The van der Waals surface area contributed by atoms with Crippen LogP contribution in [0.15, 0.2) is 60.8 Å². The second-order valence-electron chi connectivity index (χ2n) is 7.44. The Morgan fingerprint density at radius 2 is 1.97 bits per heavy atom. The Labute approximate surface area is 186 Å². The van der Waals surface area contributed by atoms with Crippen molar-refractivity contribution in [3.8, 4) is 11.4 Å². The van der Waals surface area contributed by atoms with E-state index in [-0.39, 0.29) is 34.7 Å². The minimum atomic E-state index is -4.64. The smallest absolute Gasteiger partial charge is 0.392 e. The number of imidazole rings is 1. The van der Waals surface area contributed by atoms with E-state index in [4.69, 9.17) is 0 Å². The lowest BCUT2D eigenvalue weighted by Gasteiger charge is -2.15. The van der Waals surface area contributed by atoms with E-state index in [1.165, 1.54) is 25.3 Å². The van der Waals surface area contributed by atoms with Crippen LogP contribution in [0.25, 0.3) is 22.4 Å². The first-order chi connectivity index (χ1) is 15.7. The lowest BCUT2D eigenvalue weighted by atomic mass is 10.1. The van der Waals surface area contributed by atoms with Crippen LogP contribution in [0.1, 0.15) is 22.8 Å². The first-order valence-electron chi connectivity index (χ1n) is 10.1. The van der Waals surface area contributed by atoms with Crippen molar-refractivity contribution in [2.24, 2.45) is 0 Å². The van der Waals surface area contributed by atoms with Gasteiger partial charge >= 0.3 is 6.18 Å². The zero-order chi connectivity index (χ0) is 23.6. The molecule has 1 atom stereocenters. The summed E-state index contributed by atoms with van der Waals surface area (Å²) in [5.74, 6) is -0.154. The summed E-state index contributed by atoms with van der Waals surface area (Å²) in [6.07, 6.45) is -3.83. The van der Waals surface area contributed by atoms with Crippen LogP contribution >= 0.6 is 0 Å². The second-order valence-corrected chi connectivity index (χ2v) is 7.44. The number of nitrogens with zero attached hydrogens (tertiary/aromatic N) is 2. The van der Waals surface area contributed by atoms with Crippen molar-refractivity contribution in [2.75, 3.05) is 17.2 Å². The van der Waals surface area contributed by atoms with E-state index in [0.29, 0.717) is 11.3 Å². The van der Waals surface area contributed by atoms with Gasteiger partial charge in [0.05, 0.1) is 22.7 Å². The number of pyridine rings is 1. The molecule has 4 N–H and O–H groups in total. The topological polar surface area (TPSA) is 103 Å². The Bertz CT molecular complexity index is 1290. The van der Waals surface area contributed by atoms with Gasteiger partial charge in [-0.05, 0) is 49.4 Å². The predicted molar refractivity (Wildman–Crippen MR) is 119 cm³/mol. The van der Waals surface area contributed by atoms with E-state index in [0.717, 1.165) is 6.07 Å². The van der Waals surface area contributed by atoms with E-state index >= 15 is 0 Å². The van der Waals surface area contributed by atoms with Crippen LogP contribution < -0.4 is 10.6 Å². The summed E-state index contributed by atoms with van der Waals surface area (Å²) in [6.45, 7) is 1.64. The average molecular weight is 455 g/mol. The minimum Gasteiger partial charge on any atom is -0.392 e. The molecule has 0 radical (unpaired) electrons. The Kier molecular flexibility index (Phi) is 6.01. The molecule has 0 unspecified atom stereocenters. The molecule has 0 saturated carbocycles. The normalized spacial score (nSPS) is 12.5. The van der Waals surface area contributed by atoms with E-state index in [2.05, 4.69) is 25.6 Å². The third kappa shape index (κ3) is 4.96. The molecule has 2 aromatic heterocycles. The number of aromatic nitrogens is 3. The maximum Gasteiger partial charge on any atom is 0.417 e. The zero-order valence-corrected chi connectivity index (χ0v) is 17.4. The van der Waals surface area contributed by atoms with E-state index in [1.807, 2.05) is 0 Å². The number of amides is 1. The van der Waals surface area contributed by atoms with Gasteiger partial charge in [-0.15, -0.1) is 0 Å². The van der Waals surface area contributed by atoms with Gasteiger partial charge in [0.1, 0.15) is 17.2 Å². The molecular formula is C23H20F3N5O2. The van der Waals surface area contributed by atoms with Gasteiger partial charge in [-0.1, -0.05) is 12.1 Å². The molecule has 1 amide bonds. The van der Waals surface area contributed by atoms with Crippen LogP contribution in [0, 0.1) is 0 Å². The summed E-state index contributed by atoms with van der Waals surface area (Å²) in [4.78, 5) is 24.0. The fourth-order valence-corrected chi connectivity index (χ4v) is 3.32. The minimum absolute atomic E-state index is 0.0162. The number of rotatable bonds is 6. The summed E-state index contributed by atoms with van der Waals surface area (Å²) in [5, 5.41) is 14.8. The average Bonchev–Trinajstić information content (AvgIpc) is 3.22. The molecule has 7 nitrogen and oxygen atoms in total. The Morgan fingerprint density at radius 3 is 2.67 bits per heavy atom. The number of hydrogen-bond acceptors (Lipinski definition) is 5. The number of carbonyl (C=O) groups excluding carboxylic acids is 1. The highest BCUT2D eigenvalue weighted by atomic mass is 19.4. The summed E-state index contributed by atoms with van der Waals surface area (Å²) < 4.78 is 41.5. The van der Waals surface area contributed by atoms with Crippen molar-refractivity contribution in [3.05, 3.63) is 71.9 Å². The van der Waals surface area contributed by atoms with Gasteiger partial charge in [0, 0.05) is 24.0 Å². The van der Waals surface area contributed by atoms with Gasteiger partial charge < -0.3 is 20.7 Å². The van der Waals surface area contributed by atoms with Crippen molar-refractivity contribution in [1.29, 1.82) is 0 Å². The fourth-order valence-electron chi connectivity index (χ4n) is 3.32. The van der Waals surface area contributed by atoms with Crippen LogP contribution in [0.4, 0.5) is 24.7 Å². The van der Waals surface area contributed by atoms with Crippen LogP contribution in [-0.4, -0.2) is 38.6 Å². The largest absolute Gasteiger partial charge is 0.417 e. The van der Waals surface area contributed by atoms with Crippen LogP contribution in [-0.2, 0) is 6.18 Å². The van der Waals surface area contributed by atoms with E-state index < -0.39 is 23.8 Å². The molecule has 0 spiro atoms. The quantitative estimate of drug-likeness (QED) is 0.338. The van der Waals surface area contributed by atoms with Crippen molar-refractivity contribution in [3.63, 3.8) is 0 Å². The molecule has 33 heavy (non-hydrogen) atoms. The van der Waals surface area contributed by atoms with E-state index in [9.17, 15) is 23.1 Å². The third-order valence-corrected chi connectivity index (χ3v) is 4.85. The number of para-hydroxylation sites is 1. The zero-order valence-electron chi connectivity index (χ0n) is 17.4. The van der Waals surface area contributed by atoms with Crippen LogP contribution in [0.3, 0.4) is 0 Å². The van der Waals surface area contributed by atoms with Gasteiger partial charge in [-0.3, -0.25) is 4.79 Å². The summed E-state index contributed by atoms with van der Waals surface area (Å²) in [7, 11) is 0. The highest BCUT2D eigenvalue weighted by Gasteiger charge is 2.35. The molecule has 2 heterocycles. The van der Waals surface area contributed by atoms with Crippen molar-refractivity contribution >= 4 is 28.4 Å². The van der Waals surface area contributed by atoms with Gasteiger partial charge in [0.2, 0.25) is 0 Å². The summed E-state index contributed by atoms with van der Waals surface area (Å²) in [5.41, 5.74) is 0.0328. The molecule has 4 rings (SSSR count). The summed E-state index contributed by atoms with van der Waals surface area (Å²) in [6, 6.07) is 13.6. The number of aliphatic hydroxyl groups is 1. The molecule has 0 aliphatic heterocycles. The number of aliphatic hydroxyl groups excluding tert-OH is 1. The number of nitrogens with one attached hydrogen (secondary N) is 3. The van der Waals surface area contributed by atoms with Gasteiger partial charge in [-0.25, -0.2) is 9.97 Å². The molecule has 2 aromatic carbocycles. The van der Waals surface area contributed by atoms with Crippen molar-refractivity contribution in [2.45, 2.75) is 19.2 Å². The molecule has 170 valence electrons. The second kappa shape index (κ2) is 8.91. The molecule has 10 heteroatoms. The van der Waals surface area contributed by atoms with Gasteiger partial charge in [0.25, 0.3) is 5.91 Å². The highest BCUT2D eigenvalue weighted by Crippen LogP contribution is 2.38. The molecule has 0 fully saturated rings. The third-order valence-electron chi connectivity index (χ3n) is 4.85. The SMILES string of the molecule is C[C@@H](O)CNc1ccc(-c2nc3c(C(=O)Nc4ccccn4)cccc3[nH]2)c(C(F)(F)F)c1. The maximum atomic E-state index is 13.8. The van der Waals surface area contributed by atoms with E-state index in [1.54, 1.807) is 36.4 Å². The lowest BCUT2D eigenvalue weighted by Crippen LogP contribution is -2.16. The van der Waals surface area contributed by atoms with Crippen LogP contribution in [0.5, 0.6) is 0 Å². The Hall–Kier alpha value is -3.92. The number of fused-ring (bicyclic) bond motifs is 1. The number of anilines is 2. The first-order valence-corrected chi connectivity index (χ1v) is 10.1. The number of hydrogen-bond donors (Lipinski definition) is 4. The van der Waals surface area contributed by atoms with Crippen LogP contribution in [0.2, 0.25) is 0 Å². The van der Waals surface area contributed by atoms with Crippen molar-refractivity contribution in [1.82, 2.24) is 15.0 Å². The number of carbonyl (C=O) groups is 1. The molecule has 0 aliphatic rings. The Balaban J connectivity index is 1.73. The molecule has 4 aromatic rings. The molecular weight excluding hydrogens is 435 g/mol. The standard InChI is InChI=1S/C23H20F3N5O2/c1-13(32)12-28-14-8-9-15(17(11-14)23(24,25)26)21-29-18-6-4-5-16(20(18)31-21)22(33)30-19-7-2-3-10-27-19/h2-11,13,28,32H,12H2,1H3,(H,29,31)(H,27,30,33)/t13-/m1/s1. The first kappa shape index (κ1) is 22.3. The van der Waals surface area contributed by atoms with Gasteiger partial charge in [0.15, 0.2) is 0 Å². The Morgan fingerprint density at radius 1 is 1.15 bits per heavy atom. The monoisotopic (exact) mass is 455 g/mol. The van der Waals surface area contributed by atoms with Crippen molar-refractivity contribution < 1.29 is 23.1 Å². The molecule has 0 bridgehead atoms. The number of aromatic amines is 1. The number of H-pyrrole nitrogens is 1. The maximum absolute atomic E-state index is 13.8. The number of halogens is 3. The fraction of sp³-hybridized carbons (Fsp3) is 0.174. The summed E-state index contributed by atoms with van der Waals surface area (Å²) >= 11 is 0.